The van der Waals surface area contributed by atoms with Crippen molar-refractivity contribution in [3.63, 3.8) is 0 Å². The minimum atomic E-state index is -0.226. The van der Waals surface area contributed by atoms with Gasteiger partial charge in [0.2, 0.25) is 5.91 Å². The van der Waals surface area contributed by atoms with Crippen LogP contribution in [0.5, 0.6) is 0 Å². The Balaban J connectivity index is 1.96. The largest absolute Gasteiger partial charge is 0.312 e. The molecular weight excluding hydrogens is 200 g/mol. The van der Waals surface area contributed by atoms with Crippen molar-refractivity contribution in [3.05, 3.63) is 35.9 Å². The van der Waals surface area contributed by atoms with Crippen LogP contribution in [0.1, 0.15) is 25.3 Å². The number of amidine groups is 1. The predicted octanol–water partition coefficient (Wildman–Crippen LogP) is 1.64. The molecule has 1 aromatic carbocycles. The van der Waals surface area contributed by atoms with E-state index in [1.54, 1.807) is 0 Å². The van der Waals surface area contributed by atoms with Gasteiger partial charge in [0.15, 0.2) is 0 Å². The molecule has 1 aromatic rings. The van der Waals surface area contributed by atoms with Gasteiger partial charge in [-0.25, -0.2) is 0 Å². The molecule has 0 spiro atoms. The maximum atomic E-state index is 11.5. The molecule has 0 saturated heterocycles. The van der Waals surface area contributed by atoms with E-state index in [2.05, 4.69) is 22.4 Å². The number of rotatable bonds is 2. The minimum Gasteiger partial charge on any atom is -0.312 e. The van der Waals surface area contributed by atoms with E-state index in [0.717, 1.165) is 18.7 Å². The molecule has 1 saturated carbocycles. The van der Waals surface area contributed by atoms with Crippen LogP contribution >= 0.6 is 0 Å². The van der Waals surface area contributed by atoms with Crippen LogP contribution in [-0.4, -0.2) is 17.8 Å². The molecule has 16 heavy (non-hydrogen) atoms. The Hall–Kier alpha value is -1.64. The third kappa shape index (κ3) is 1.28. The SMILES string of the molecule is CC1N=C(C2(c3ccccc3)CC2)NC1=O. The summed E-state index contributed by atoms with van der Waals surface area (Å²) in [6.07, 6.45) is 2.17. The lowest BCUT2D eigenvalue weighted by Crippen LogP contribution is -2.35. The molecule has 0 radical (unpaired) electrons. The number of amides is 1. The number of carbonyl (C=O) groups excluding carboxylic acids is 1. The molecule has 1 fully saturated rings. The number of nitrogens with one attached hydrogen (secondary N) is 1. The van der Waals surface area contributed by atoms with Gasteiger partial charge >= 0.3 is 0 Å². The van der Waals surface area contributed by atoms with Gasteiger partial charge in [0.05, 0.1) is 5.41 Å². The summed E-state index contributed by atoms with van der Waals surface area (Å²) in [5.74, 6) is 0.897. The first kappa shape index (κ1) is 9.58. The van der Waals surface area contributed by atoms with Crippen LogP contribution in [0, 0.1) is 0 Å². The molecule has 0 bridgehead atoms. The quantitative estimate of drug-likeness (QED) is 0.798. The molecular formula is C13H14N2O. The Labute approximate surface area is 94.6 Å². The Kier molecular flexibility index (Phi) is 1.90. The summed E-state index contributed by atoms with van der Waals surface area (Å²) in [5.41, 5.74) is 1.27. The van der Waals surface area contributed by atoms with Gasteiger partial charge in [-0.1, -0.05) is 30.3 Å². The first-order valence-corrected chi connectivity index (χ1v) is 5.67. The second-order valence-electron chi connectivity index (χ2n) is 4.59. The normalized spacial score (nSPS) is 26.2. The molecule has 1 N–H and O–H groups in total. The first-order valence-electron chi connectivity index (χ1n) is 5.67. The summed E-state index contributed by atoms with van der Waals surface area (Å²) in [6.45, 7) is 1.84. The standard InChI is InChI=1S/C13H14N2O/c1-9-11(16)15-12(14-9)13(7-8-13)10-5-3-2-4-6-10/h2-6,9H,7-8H2,1H3,(H,14,15,16). The summed E-state index contributed by atoms with van der Waals surface area (Å²) in [4.78, 5) is 15.9. The van der Waals surface area contributed by atoms with Crippen molar-refractivity contribution in [2.75, 3.05) is 0 Å². The van der Waals surface area contributed by atoms with Crippen molar-refractivity contribution in [1.29, 1.82) is 0 Å². The average molecular weight is 214 g/mol. The van der Waals surface area contributed by atoms with Crippen LogP contribution in [0.4, 0.5) is 0 Å². The molecule has 1 amide bonds. The zero-order chi connectivity index (χ0) is 11.2. The molecule has 1 heterocycles. The van der Waals surface area contributed by atoms with Crippen molar-refractivity contribution in [3.8, 4) is 0 Å². The smallest absolute Gasteiger partial charge is 0.249 e. The van der Waals surface area contributed by atoms with E-state index in [9.17, 15) is 4.79 Å². The van der Waals surface area contributed by atoms with E-state index in [4.69, 9.17) is 0 Å². The van der Waals surface area contributed by atoms with E-state index in [-0.39, 0.29) is 17.4 Å². The minimum absolute atomic E-state index is 0.00167. The van der Waals surface area contributed by atoms with Crippen LogP contribution < -0.4 is 5.32 Å². The molecule has 2 aliphatic rings. The van der Waals surface area contributed by atoms with Crippen molar-refractivity contribution < 1.29 is 4.79 Å². The van der Waals surface area contributed by atoms with Crippen molar-refractivity contribution in [1.82, 2.24) is 5.32 Å². The molecule has 3 heteroatoms. The second kappa shape index (κ2) is 3.17. The second-order valence-corrected chi connectivity index (χ2v) is 4.59. The van der Waals surface area contributed by atoms with Gasteiger partial charge in [-0.3, -0.25) is 9.79 Å². The summed E-state index contributed by atoms with van der Waals surface area (Å²) in [6, 6.07) is 10.1. The van der Waals surface area contributed by atoms with Crippen molar-refractivity contribution in [2.45, 2.75) is 31.2 Å². The highest BCUT2D eigenvalue weighted by Gasteiger charge is 2.51. The lowest BCUT2D eigenvalue weighted by molar-refractivity contribution is -0.119. The van der Waals surface area contributed by atoms with Crippen LogP contribution in [0.3, 0.4) is 0 Å². The van der Waals surface area contributed by atoms with Gasteiger partial charge in [-0.05, 0) is 25.3 Å². The number of benzene rings is 1. The third-order valence-electron chi connectivity index (χ3n) is 3.47. The Morgan fingerprint density at radius 2 is 2.00 bits per heavy atom. The van der Waals surface area contributed by atoms with Gasteiger partial charge in [0.25, 0.3) is 0 Å². The van der Waals surface area contributed by atoms with E-state index in [1.807, 2.05) is 25.1 Å². The predicted molar refractivity (Wildman–Crippen MR) is 62.4 cm³/mol. The van der Waals surface area contributed by atoms with Crippen molar-refractivity contribution in [2.24, 2.45) is 4.99 Å². The lowest BCUT2D eigenvalue weighted by atomic mass is 9.95. The summed E-state index contributed by atoms with van der Waals surface area (Å²) >= 11 is 0. The topological polar surface area (TPSA) is 41.5 Å². The first-order chi connectivity index (χ1) is 7.72. The molecule has 1 aliphatic carbocycles. The van der Waals surface area contributed by atoms with E-state index < -0.39 is 0 Å². The fourth-order valence-electron chi connectivity index (χ4n) is 2.29. The van der Waals surface area contributed by atoms with Gasteiger partial charge < -0.3 is 5.32 Å². The molecule has 3 nitrogen and oxygen atoms in total. The molecule has 0 aromatic heterocycles. The van der Waals surface area contributed by atoms with E-state index in [0.29, 0.717) is 0 Å². The third-order valence-corrected chi connectivity index (χ3v) is 3.47. The van der Waals surface area contributed by atoms with Crippen LogP contribution in [0.25, 0.3) is 0 Å². The fraction of sp³-hybridized carbons (Fsp3) is 0.385. The zero-order valence-corrected chi connectivity index (χ0v) is 9.23. The molecule has 1 aliphatic heterocycles. The van der Waals surface area contributed by atoms with Crippen molar-refractivity contribution >= 4 is 11.7 Å². The maximum Gasteiger partial charge on any atom is 0.249 e. The van der Waals surface area contributed by atoms with E-state index in [1.165, 1.54) is 5.56 Å². The van der Waals surface area contributed by atoms with Gasteiger partial charge in [-0.2, -0.15) is 0 Å². The number of aliphatic imine (C=N–C) groups is 1. The van der Waals surface area contributed by atoms with Crippen LogP contribution in [0.15, 0.2) is 35.3 Å². The highest BCUT2D eigenvalue weighted by molar-refractivity contribution is 6.11. The molecule has 82 valence electrons. The van der Waals surface area contributed by atoms with E-state index >= 15 is 0 Å². The molecule has 1 unspecified atom stereocenters. The monoisotopic (exact) mass is 214 g/mol. The summed E-state index contributed by atoms with van der Waals surface area (Å²) in [7, 11) is 0. The van der Waals surface area contributed by atoms with Crippen LogP contribution in [0.2, 0.25) is 0 Å². The maximum absolute atomic E-state index is 11.5. The highest BCUT2D eigenvalue weighted by atomic mass is 16.2. The Bertz CT molecular complexity index is 460. The zero-order valence-electron chi connectivity index (χ0n) is 9.23. The van der Waals surface area contributed by atoms with Gasteiger partial charge in [0.1, 0.15) is 11.9 Å². The number of hydrogen-bond donors (Lipinski definition) is 1. The fourth-order valence-corrected chi connectivity index (χ4v) is 2.29. The summed E-state index contributed by atoms with van der Waals surface area (Å²) < 4.78 is 0. The van der Waals surface area contributed by atoms with Gasteiger partial charge in [0, 0.05) is 0 Å². The molecule has 1 atom stereocenters. The number of hydrogen-bond acceptors (Lipinski definition) is 2. The van der Waals surface area contributed by atoms with Gasteiger partial charge in [-0.15, -0.1) is 0 Å². The number of carbonyl (C=O) groups is 1. The number of nitrogens with zero attached hydrogens (tertiary/aromatic N) is 1. The Morgan fingerprint density at radius 3 is 2.50 bits per heavy atom. The summed E-state index contributed by atoms with van der Waals surface area (Å²) in [5, 5.41) is 2.92. The average Bonchev–Trinajstić information content (AvgIpc) is 3.04. The van der Waals surface area contributed by atoms with Crippen LogP contribution in [-0.2, 0) is 10.2 Å². The highest BCUT2D eigenvalue weighted by Crippen LogP contribution is 2.49. The molecule has 3 rings (SSSR count). The Morgan fingerprint density at radius 1 is 1.31 bits per heavy atom. The lowest BCUT2D eigenvalue weighted by Gasteiger charge is -2.15.